The summed E-state index contributed by atoms with van der Waals surface area (Å²) in [5.74, 6) is 1.34. The van der Waals surface area contributed by atoms with Gasteiger partial charge in [0.1, 0.15) is 5.75 Å². The molecule has 0 spiro atoms. The topological polar surface area (TPSA) is 52.3 Å². The Balaban J connectivity index is 1.81. The number of esters is 1. The zero-order valence-corrected chi connectivity index (χ0v) is 10.7. The van der Waals surface area contributed by atoms with Crippen LogP contribution in [0, 0.1) is 11.8 Å². The van der Waals surface area contributed by atoms with Gasteiger partial charge in [0.25, 0.3) is 0 Å². The standard InChI is InChI=1S/C15H21NO2/c16-11-10-12-6-8-13(9-7-12)15(17)18-14-4-2-1-3-5-14/h1-5,12-13H,6-11,16H2/t12-,13-. The van der Waals surface area contributed by atoms with Crippen molar-refractivity contribution in [1.29, 1.82) is 0 Å². The van der Waals surface area contributed by atoms with Gasteiger partial charge in [-0.1, -0.05) is 18.2 Å². The van der Waals surface area contributed by atoms with E-state index >= 15 is 0 Å². The van der Waals surface area contributed by atoms with Crippen LogP contribution in [0.2, 0.25) is 0 Å². The third-order valence-electron chi connectivity index (χ3n) is 3.72. The number of rotatable bonds is 4. The summed E-state index contributed by atoms with van der Waals surface area (Å²) in [6.45, 7) is 0.754. The van der Waals surface area contributed by atoms with Gasteiger partial charge in [-0.15, -0.1) is 0 Å². The average Bonchev–Trinajstić information content (AvgIpc) is 2.41. The number of hydrogen-bond donors (Lipinski definition) is 1. The fraction of sp³-hybridized carbons (Fsp3) is 0.533. The van der Waals surface area contributed by atoms with Gasteiger partial charge in [0.2, 0.25) is 0 Å². The first kappa shape index (κ1) is 13.1. The van der Waals surface area contributed by atoms with E-state index in [1.54, 1.807) is 0 Å². The number of para-hydroxylation sites is 1. The summed E-state index contributed by atoms with van der Waals surface area (Å²) in [5.41, 5.74) is 5.56. The Labute approximate surface area is 108 Å². The van der Waals surface area contributed by atoms with Crippen molar-refractivity contribution in [1.82, 2.24) is 0 Å². The normalized spacial score (nSPS) is 23.6. The summed E-state index contributed by atoms with van der Waals surface area (Å²) in [4.78, 5) is 12.0. The van der Waals surface area contributed by atoms with E-state index < -0.39 is 0 Å². The van der Waals surface area contributed by atoms with E-state index in [9.17, 15) is 4.79 Å². The maximum Gasteiger partial charge on any atom is 0.314 e. The molecule has 2 rings (SSSR count). The quantitative estimate of drug-likeness (QED) is 0.657. The first-order valence-electron chi connectivity index (χ1n) is 6.76. The molecule has 1 aliphatic rings. The van der Waals surface area contributed by atoms with Crippen molar-refractivity contribution in [2.75, 3.05) is 6.54 Å². The van der Waals surface area contributed by atoms with Crippen LogP contribution in [0.3, 0.4) is 0 Å². The largest absolute Gasteiger partial charge is 0.426 e. The second-order valence-electron chi connectivity index (χ2n) is 5.03. The van der Waals surface area contributed by atoms with Gasteiger partial charge in [-0.05, 0) is 56.7 Å². The van der Waals surface area contributed by atoms with Crippen molar-refractivity contribution in [2.24, 2.45) is 17.6 Å². The van der Waals surface area contributed by atoms with Crippen LogP contribution < -0.4 is 10.5 Å². The van der Waals surface area contributed by atoms with Crippen LogP contribution in [0.5, 0.6) is 5.75 Å². The van der Waals surface area contributed by atoms with Gasteiger partial charge in [0.05, 0.1) is 5.92 Å². The van der Waals surface area contributed by atoms with Crippen LogP contribution in [-0.2, 0) is 4.79 Å². The lowest BCUT2D eigenvalue weighted by molar-refractivity contribution is -0.140. The molecule has 1 saturated carbocycles. The van der Waals surface area contributed by atoms with E-state index in [4.69, 9.17) is 10.5 Å². The Hall–Kier alpha value is -1.35. The molecule has 0 heterocycles. The van der Waals surface area contributed by atoms with Crippen molar-refractivity contribution < 1.29 is 9.53 Å². The highest BCUT2D eigenvalue weighted by atomic mass is 16.5. The minimum absolute atomic E-state index is 0.0687. The molecule has 3 nitrogen and oxygen atoms in total. The number of carbonyl (C=O) groups is 1. The van der Waals surface area contributed by atoms with Gasteiger partial charge in [-0.25, -0.2) is 0 Å². The SMILES string of the molecule is NCC[C@H]1CC[C@H](C(=O)Oc2ccccc2)CC1. The van der Waals surface area contributed by atoms with Crippen LogP contribution in [0.1, 0.15) is 32.1 Å². The molecule has 2 N–H and O–H groups in total. The minimum Gasteiger partial charge on any atom is -0.426 e. The fourth-order valence-electron chi connectivity index (χ4n) is 2.61. The van der Waals surface area contributed by atoms with E-state index in [0.717, 1.165) is 38.6 Å². The summed E-state index contributed by atoms with van der Waals surface area (Å²) in [6.07, 6.45) is 5.17. The van der Waals surface area contributed by atoms with Gasteiger partial charge in [-0.3, -0.25) is 4.79 Å². The number of ether oxygens (including phenoxy) is 1. The van der Waals surface area contributed by atoms with E-state index in [1.165, 1.54) is 0 Å². The Bertz CT molecular complexity index is 369. The lowest BCUT2D eigenvalue weighted by Crippen LogP contribution is -2.26. The molecule has 0 atom stereocenters. The Morgan fingerprint density at radius 1 is 1.17 bits per heavy atom. The van der Waals surface area contributed by atoms with E-state index in [0.29, 0.717) is 11.7 Å². The molecule has 98 valence electrons. The number of hydrogen-bond acceptors (Lipinski definition) is 3. The molecule has 0 unspecified atom stereocenters. The first-order valence-corrected chi connectivity index (χ1v) is 6.76. The van der Waals surface area contributed by atoms with Gasteiger partial charge in [-0.2, -0.15) is 0 Å². The molecule has 0 bridgehead atoms. The highest BCUT2D eigenvalue weighted by Gasteiger charge is 2.27. The van der Waals surface area contributed by atoms with Crippen molar-refractivity contribution in [2.45, 2.75) is 32.1 Å². The zero-order valence-electron chi connectivity index (χ0n) is 10.7. The minimum atomic E-state index is -0.0765. The summed E-state index contributed by atoms with van der Waals surface area (Å²) < 4.78 is 5.39. The molecule has 1 aromatic carbocycles. The third-order valence-corrected chi connectivity index (χ3v) is 3.72. The van der Waals surface area contributed by atoms with Gasteiger partial charge < -0.3 is 10.5 Å². The second kappa shape index (κ2) is 6.55. The average molecular weight is 247 g/mol. The molecule has 1 aromatic rings. The first-order chi connectivity index (χ1) is 8.79. The van der Waals surface area contributed by atoms with Crippen molar-refractivity contribution in [3.05, 3.63) is 30.3 Å². The molecule has 1 fully saturated rings. The van der Waals surface area contributed by atoms with E-state index in [-0.39, 0.29) is 11.9 Å². The number of benzene rings is 1. The second-order valence-corrected chi connectivity index (χ2v) is 5.03. The van der Waals surface area contributed by atoms with Crippen LogP contribution in [0.4, 0.5) is 0 Å². The Morgan fingerprint density at radius 2 is 1.83 bits per heavy atom. The lowest BCUT2D eigenvalue weighted by atomic mass is 9.80. The molecular weight excluding hydrogens is 226 g/mol. The molecule has 0 aromatic heterocycles. The molecular formula is C15H21NO2. The summed E-state index contributed by atoms with van der Waals surface area (Å²) >= 11 is 0. The molecule has 0 saturated heterocycles. The highest BCUT2D eigenvalue weighted by molar-refractivity contribution is 5.75. The fourth-order valence-corrected chi connectivity index (χ4v) is 2.61. The predicted molar refractivity (Wildman–Crippen MR) is 71.2 cm³/mol. The number of carbonyl (C=O) groups excluding carboxylic acids is 1. The third kappa shape index (κ3) is 3.57. The van der Waals surface area contributed by atoms with Gasteiger partial charge in [0, 0.05) is 0 Å². The Kier molecular flexibility index (Phi) is 4.76. The molecule has 3 heteroatoms. The van der Waals surface area contributed by atoms with Crippen molar-refractivity contribution in [3.8, 4) is 5.75 Å². The van der Waals surface area contributed by atoms with Crippen LogP contribution in [0.15, 0.2) is 30.3 Å². The van der Waals surface area contributed by atoms with Crippen LogP contribution in [-0.4, -0.2) is 12.5 Å². The van der Waals surface area contributed by atoms with Gasteiger partial charge in [0.15, 0.2) is 0 Å². The molecule has 0 radical (unpaired) electrons. The molecule has 18 heavy (non-hydrogen) atoms. The molecule has 0 aliphatic heterocycles. The van der Waals surface area contributed by atoms with Crippen LogP contribution >= 0.6 is 0 Å². The summed E-state index contributed by atoms with van der Waals surface area (Å²) in [7, 11) is 0. The monoisotopic (exact) mass is 247 g/mol. The van der Waals surface area contributed by atoms with Gasteiger partial charge >= 0.3 is 5.97 Å². The number of nitrogens with two attached hydrogens (primary N) is 1. The molecule has 0 amide bonds. The summed E-state index contributed by atoms with van der Waals surface area (Å²) in [6, 6.07) is 9.30. The van der Waals surface area contributed by atoms with E-state index in [1.807, 2.05) is 30.3 Å². The van der Waals surface area contributed by atoms with Crippen LogP contribution in [0.25, 0.3) is 0 Å². The predicted octanol–water partition coefficient (Wildman–Crippen LogP) is 2.75. The Morgan fingerprint density at radius 3 is 2.44 bits per heavy atom. The summed E-state index contributed by atoms with van der Waals surface area (Å²) in [5, 5.41) is 0. The maximum absolute atomic E-state index is 12.0. The van der Waals surface area contributed by atoms with Crippen molar-refractivity contribution in [3.63, 3.8) is 0 Å². The molecule has 1 aliphatic carbocycles. The maximum atomic E-state index is 12.0. The highest BCUT2D eigenvalue weighted by Crippen LogP contribution is 2.31. The smallest absolute Gasteiger partial charge is 0.314 e. The lowest BCUT2D eigenvalue weighted by Gasteiger charge is -2.26. The van der Waals surface area contributed by atoms with E-state index in [2.05, 4.69) is 0 Å². The zero-order chi connectivity index (χ0) is 12.8. The van der Waals surface area contributed by atoms with Crippen molar-refractivity contribution >= 4 is 5.97 Å².